The molecule has 3 N–H and O–H groups in total. The molecule has 2 heterocycles. The number of hydrogen-bond acceptors (Lipinski definition) is 6. The number of amides is 1. The maximum Gasteiger partial charge on any atom is 0.270 e. The number of nitrogens with one attached hydrogen (secondary N) is 1. The monoisotopic (exact) mass is 337 g/mol. The van der Waals surface area contributed by atoms with Gasteiger partial charge in [-0.1, -0.05) is 12.1 Å². The Labute approximate surface area is 145 Å². The summed E-state index contributed by atoms with van der Waals surface area (Å²) < 4.78 is 5.29. The van der Waals surface area contributed by atoms with E-state index in [9.17, 15) is 4.79 Å². The number of nitrogens with zero attached hydrogens (tertiary/aromatic N) is 3. The summed E-state index contributed by atoms with van der Waals surface area (Å²) in [6.45, 7) is 0.395. The Morgan fingerprint density at radius 1 is 1.20 bits per heavy atom. The number of nitrogen functional groups attached to an aromatic ring is 1. The van der Waals surface area contributed by atoms with Crippen molar-refractivity contribution in [1.29, 1.82) is 0 Å². The van der Waals surface area contributed by atoms with Gasteiger partial charge in [0, 0.05) is 26.3 Å². The molecule has 0 unspecified atom stereocenters. The van der Waals surface area contributed by atoms with Gasteiger partial charge < -0.3 is 20.4 Å². The number of benzene rings is 1. The average molecular weight is 337 g/mol. The summed E-state index contributed by atoms with van der Waals surface area (Å²) in [5.74, 6) is 0.232. The molecule has 2 aromatic heterocycles. The molecule has 7 nitrogen and oxygen atoms in total. The molecule has 7 heteroatoms. The SMILES string of the molecule is CN(C)c1ccc(CNC(=O)c2cc(-c3ccco3)nc(N)n2)cc1. The largest absolute Gasteiger partial charge is 0.463 e. The lowest BCUT2D eigenvalue weighted by Gasteiger charge is -2.13. The van der Waals surface area contributed by atoms with E-state index in [1.54, 1.807) is 18.2 Å². The molecule has 1 aromatic carbocycles. The maximum absolute atomic E-state index is 12.4. The molecule has 0 atom stereocenters. The Balaban J connectivity index is 1.71. The molecule has 3 aromatic rings. The van der Waals surface area contributed by atoms with Crippen LogP contribution < -0.4 is 16.0 Å². The van der Waals surface area contributed by atoms with Gasteiger partial charge in [-0.25, -0.2) is 9.97 Å². The third kappa shape index (κ3) is 3.95. The van der Waals surface area contributed by atoms with E-state index in [2.05, 4.69) is 15.3 Å². The van der Waals surface area contributed by atoms with Crippen LogP contribution in [0.15, 0.2) is 53.1 Å². The van der Waals surface area contributed by atoms with Gasteiger partial charge >= 0.3 is 0 Å². The van der Waals surface area contributed by atoms with Crippen molar-refractivity contribution in [3.05, 3.63) is 60.0 Å². The average Bonchev–Trinajstić information content (AvgIpc) is 3.14. The van der Waals surface area contributed by atoms with E-state index in [1.807, 2.05) is 43.3 Å². The Morgan fingerprint density at radius 2 is 1.96 bits per heavy atom. The van der Waals surface area contributed by atoms with Crippen LogP contribution in [0.3, 0.4) is 0 Å². The Hall–Kier alpha value is -3.35. The molecule has 0 saturated carbocycles. The van der Waals surface area contributed by atoms with Gasteiger partial charge in [-0.2, -0.15) is 0 Å². The highest BCUT2D eigenvalue weighted by atomic mass is 16.3. The summed E-state index contributed by atoms with van der Waals surface area (Å²) in [5.41, 5.74) is 8.47. The van der Waals surface area contributed by atoms with Gasteiger partial charge in [0.15, 0.2) is 5.76 Å². The van der Waals surface area contributed by atoms with Crippen LogP contribution >= 0.6 is 0 Å². The van der Waals surface area contributed by atoms with Gasteiger partial charge in [-0.3, -0.25) is 4.79 Å². The van der Waals surface area contributed by atoms with Crippen molar-refractivity contribution < 1.29 is 9.21 Å². The zero-order valence-corrected chi connectivity index (χ0v) is 14.1. The van der Waals surface area contributed by atoms with Gasteiger partial charge in [0.2, 0.25) is 5.95 Å². The lowest BCUT2D eigenvalue weighted by Crippen LogP contribution is -2.24. The first-order valence-electron chi connectivity index (χ1n) is 7.76. The molecule has 0 aliphatic rings. The number of carbonyl (C=O) groups excluding carboxylic acids is 1. The Bertz CT molecular complexity index is 858. The summed E-state index contributed by atoms with van der Waals surface area (Å²) in [4.78, 5) is 22.5. The fourth-order valence-electron chi connectivity index (χ4n) is 2.32. The fourth-order valence-corrected chi connectivity index (χ4v) is 2.32. The molecule has 0 fully saturated rings. The quantitative estimate of drug-likeness (QED) is 0.741. The Kier molecular flexibility index (Phi) is 4.65. The topological polar surface area (TPSA) is 97.3 Å². The molecule has 0 bridgehead atoms. The molecule has 0 spiro atoms. The lowest BCUT2D eigenvalue weighted by atomic mass is 10.2. The molecular weight excluding hydrogens is 318 g/mol. The maximum atomic E-state index is 12.4. The number of hydrogen-bond donors (Lipinski definition) is 2. The van der Waals surface area contributed by atoms with Crippen LogP contribution in [-0.4, -0.2) is 30.0 Å². The number of nitrogens with two attached hydrogens (primary N) is 1. The van der Waals surface area contributed by atoms with Gasteiger partial charge in [0.05, 0.1) is 6.26 Å². The second-order valence-electron chi connectivity index (χ2n) is 5.72. The van der Waals surface area contributed by atoms with E-state index in [4.69, 9.17) is 10.2 Å². The molecule has 0 aliphatic carbocycles. The van der Waals surface area contributed by atoms with Crippen LogP contribution in [0.5, 0.6) is 0 Å². The number of aromatic nitrogens is 2. The van der Waals surface area contributed by atoms with Crippen LogP contribution in [0.1, 0.15) is 16.1 Å². The smallest absolute Gasteiger partial charge is 0.270 e. The van der Waals surface area contributed by atoms with E-state index in [1.165, 1.54) is 6.26 Å². The molecule has 25 heavy (non-hydrogen) atoms. The predicted octanol–water partition coefficient (Wildman–Crippen LogP) is 2.31. The summed E-state index contributed by atoms with van der Waals surface area (Å²) in [6, 6.07) is 13.0. The van der Waals surface area contributed by atoms with Crippen LogP contribution in [0, 0.1) is 0 Å². The molecule has 0 aliphatic heterocycles. The summed E-state index contributed by atoms with van der Waals surface area (Å²) in [7, 11) is 3.96. The Morgan fingerprint density at radius 3 is 2.60 bits per heavy atom. The third-order valence-electron chi connectivity index (χ3n) is 3.66. The number of rotatable bonds is 5. The van der Waals surface area contributed by atoms with E-state index in [-0.39, 0.29) is 17.5 Å². The van der Waals surface area contributed by atoms with Crippen molar-refractivity contribution >= 4 is 17.5 Å². The minimum Gasteiger partial charge on any atom is -0.463 e. The molecule has 3 rings (SSSR count). The van der Waals surface area contributed by atoms with Crippen LogP contribution in [0.2, 0.25) is 0 Å². The van der Waals surface area contributed by atoms with Crippen molar-refractivity contribution in [2.45, 2.75) is 6.54 Å². The molecule has 1 amide bonds. The number of carbonyl (C=O) groups is 1. The molecule has 0 radical (unpaired) electrons. The summed E-state index contributed by atoms with van der Waals surface area (Å²) in [6.07, 6.45) is 1.53. The summed E-state index contributed by atoms with van der Waals surface area (Å²) >= 11 is 0. The van der Waals surface area contributed by atoms with Crippen molar-refractivity contribution in [2.24, 2.45) is 0 Å². The van der Waals surface area contributed by atoms with Crippen molar-refractivity contribution in [1.82, 2.24) is 15.3 Å². The van der Waals surface area contributed by atoms with Crippen LogP contribution in [0.4, 0.5) is 11.6 Å². The number of anilines is 2. The standard InChI is InChI=1S/C18H19N5O2/c1-23(2)13-7-5-12(6-8-13)11-20-17(24)15-10-14(21-18(19)22-15)16-4-3-9-25-16/h3-10H,11H2,1-2H3,(H,20,24)(H2,19,21,22). The molecule has 0 saturated heterocycles. The second kappa shape index (κ2) is 7.04. The number of furan rings is 1. The first kappa shape index (κ1) is 16.5. The highest BCUT2D eigenvalue weighted by molar-refractivity contribution is 5.93. The molecular formula is C18H19N5O2. The van der Waals surface area contributed by atoms with E-state index >= 15 is 0 Å². The molecule has 128 valence electrons. The van der Waals surface area contributed by atoms with Crippen molar-refractivity contribution in [3.63, 3.8) is 0 Å². The minimum absolute atomic E-state index is 0.0226. The minimum atomic E-state index is -0.321. The zero-order chi connectivity index (χ0) is 17.8. The third-order valence-corrected chi connectivity index (χ3v) is 3.66. The van der Waals surface area contributed by atoms with Gasteiger partial charge in [0.25, 0.3) is 5.91 Å². The highest BCUT2D eigenvalue weighted by Crippen LogP contribution is 2.19. The first-order chi connectivity index (χ1) is 12.0. The first-order valence-corrected chi connectivity index (χ1v) is 7.76. The zero-order valence-electron chi connectivity index (χ0n) is 14.1. The van der Waals surface area contributed by atoms with Gasteiger partial charge in [-0.05, 0) is 35.9 Å². The van der Waals surface area contributed by atoms with Crippen LogP contribution in [0.25, 0.3) is 11.5 Å². The normalized spacial score (nSPS) is 10.5. The van der Waals surface area contributed by atoms with E-state index < -0.39 is 0 Å². The van der Waals surface area contributed by atoms with Crippen molar-refractivity contribution in [2.75, 3.05) is 24.7 Å². The second-order valence-corrected chi connectivity index (χ2v) is 5.72. The van der Waals surface area contributed by atoms with Gasteiger partial charge in [-0.15, -0.1) is 0 Å². The highest BCUT2D eigenvalue weighted by Gasteiger charge is 2.13. The van der Waals surface area contributed by atoms with E-state index in [0.717, 1.165) is 11.3 Å². The van der Waals surface area contributed by atoms with Crippen molar-refractivity contribution in [3.8, 4) is 11.5 Å². The summed E-state index contributed by atoms with van der Waals surface area (Å²) in [5, 5.41) is 2.83. The predicted molar refractivity (Wildman–Crippen MR) is 96.1 cm³/mol. The fraction of sp³-hybridized carbons (Fsp3) is 0.167. The van der Waals surface area contributed by atoms with Gasteiger partial charge in [0.1, 0.15) is 11.4 Å². The van der Waals surface area contributed by atoms with E-state index in [0.29, 0.717) is 18.0 Å². The van der Waals surface area contributed by atoms with Crippen LogP contribution in [-0.2, 0) is 6.54 Å². The lowest BCUT2D eigenvalue weighted by molar-refractivity contribution is 0.0946.